The lowest BCUT2D eigenvalue weighted by Crippen LogP contribution is -2.39. The first-order chi connectivity index (χ1) is 14.0. The first-order valence-corrected chi connectivity index (χ1v) is 9.83. The number of nitrogens with zero attached hydrogens (tertiary/aromatic N) is 1. The van der Waals surface area contributed by atoms with Crippen molar-refractivity contribution in [1.29, 1.82) is 0 Å². The van der Waals surface area contributed by atoms with E-state index in [1.54, 1.807) is 25.3 Å². The number of hydrogen-bond donors (Lipinski definition) is 2. The van der Waals surface area contributed by atoms with E-state index in [-0.39, 0.29) is 17.9 Å². The Bertz CT molecular complexity index is 1160. The van der Waals surface area contributed by atoms with E-state index in [0.717, 1.165) is 22.3 Å². The molecule has 0 fully saturated rings. The molecule has 2 N–H and O–H groups in total. The third kappa shape index (κ3) is 3.86. The number of rotatable bonds is 4. The minimum Gasteiger partial charge on any atom is -0.497 e. The highest BCUT2D eigenvalue weighted by Gasteiger charge is 2.23. The van der Waals surface area contributed by atoms with Crippen molar-refractivity contribution in [2.24, 2.45) is 0 Å². The number of halogens is 1. The van der Waals surface area contributed by atoms with Crippen molar-refractivity contribution < 1.29 is 9.53 Å². The Morgan fingerprint density at radius 3 is 2.93 bits per heavy atom. The molecule has 0 saturated carbocycles. The zero-order chi connectivity index (χ0) is 20.5. The minimum atomic E-state index is -0.124. The maximum atomic E-state index is 13.0. The number of H-pyrrole nitrogens is 1. The molecule has 150 valence electrons. The van der Waals surface area contributed by atoms with E-state index in [1.807, 2.05) is 30.0 Å². The molecule has 29 heavy (non-hydrogen) atoms. The van der Waals surface area contributed by atoms with Gasteiger partial charge < -0.3 is 15.0 Å². The van der Waals surface area contributed by atoms with Crippen molar-refractivity contribution in [2.45, 2.75) is 19.9 Å². The summed E-state index contributed by atoms with van der Waals surface area (Å²) in [6, 6.07) is 10.7. The van der Waals surface area contributed by atoms with Gasteiger partial charge >= 0.3 is 0 Å². The quantitative estimate of drug-likeness (QED) is 0.689. The summed E-state index contributed by atoms with van der Waals surface area (Å²) in [4.78, 5) is 30.9. The van der Waals surface area contributed by atoms with Crippen molar-refractivity contribution in [3.05, 3.63) is 68.5 Å². The third-order valence-electron chi connectivity index (χ3n) is 5.34. The van der Waals surface area contributed by atoms with Crippen molar-refractivity contribution >= 4 is 34.1 Å². The fraction of sp³-hybridized carbons (Fsp3) is 0.273. The van der Waals surface area contributed by atoms with E-state index >= 15 is 0 Å². The van der Waals surface area contributed by atoms with Gasteiger partial charge in [-0.1, -0.05) is 17.7 Å². The summed E-state index contributed by atoms with van der Waals surface area (Å²) in [7, 11) is 1.59. The van der Waals surface area contributed by atoms with Gasteiger partial charge in [0.25, 0.3) is 0 Å². The predicted molar refractivity (Wildman–Crippen MR) is 115 cm³/mol. The number of ether oxygens (including phenoxy) is 1. The van der Waals surface area contributed by atoms with Crippen molar-refractivity contribution in [2.75, 3.05) is 25.5 Å². The lowest BCUT2D eigenvalue weighted by molar-refractivity contribution is -0.117. The Hall–Kier alpha value is -2.83. The molecule has 0 saturated heterocycles. The molecule has 1 aliphatic rings. The average Bonchev–Trinajstić information content (AvgIpc) is 2.71. The molecular weight excluding hydrogens is 390 g/mol. The molecule has 1 aliphatic heterocycles. The van der Waals surface area contributed by atoms with Crippen molar-refractivity contribution in [3.8, 4) is 5.75 Å². The predicted octanol–water partition coefficient (Wildman–Crippen LogP) is 3.50. The molecule has 0 spiro atoms. The molecule has 0 unspecified atom stereocenters. The summed E-state index contributed by atoms with van der Waals surface area (Å²) in [6.07, 6.45) is 0.679. The van der Waals surface area contributed by atoms with Gasteiger partial charge in [-0.3, -0.25) is 14.5 Å². The maximum Gasteiger partial charge on any atom is 0.238 e. The van der Waals surface area contributed by atoms with Crippen LogP contribution in [0.1, 0.15) is 16.8 Å². The molecule has 0 atom stereocenters. The van der Waals surface area contributed by atoms with Gasteiger partial charge in [0.05, 0.1) is 19.2 Å². The summed E-state index contributed by atoms with van der Waals surface area (Å²) in [5, 5.41) is 4.16. The topological polar surface area (TPSA) is 74.4 Å². The first kappa shape index (κ1) is 19.5. The third-order valence-corrected chi connectivity index (χ3v) is 5.75. The SMILES string of the molecule is COc1cccc(NC(=O)CN2CCc3[nH]c4c(C)c(Cl)ccc4c(=O)c3C2)c1. The van der Waals surface area contributed by atoms with Crippen LogP contribution in [0.5, 0.6) is 5.75 Å². The fourth-order valence-corrected chi connectivity index (χ4v) is 3.91. The van der Waals surface area contributed by atoms with Gasteiger partial charge in [0.1, 0.15) is 5.75 Å². The Morgan fingerprint density at radius 1 is 1.31 bits per heavy atom. The number of fused-ring (bicyclic) bond motifs is 2. The van der Waals surface area contributed by atoms with Gasteiger partial charge in [-0.25, -0.2) is 0 Å². The van der Waals surface area contributed by atoms with Gasteiger partial charge in [-0.05, 0) is 36.8 Å². The van der Waals surface area contributed by atoms with Gasteiger partial charge in [0.2, 0.25) is 5.91 Å². The zero-order valence-electron chi connectivity index (χ0n) is 16.3. The summed E-state index contributed by atoms with van der Waals surface area (Å²) in [6.45, 7) is 3.26. The molecule has 3 aromatic rings. The Balaban J connectivity index is 1.52. The average molecular weight is 412 g/mol. The number of amides is 1. The lowest BCUT2D eigenvalue weighted by atomic mass is 10.0. The van der Waals surface area contributed by atoms with Gasteiger partial charge in [0.15, 0.2) is 5.43 Å². The number of anilines is 1. The Morgan fingerprint density at radius 2 is 2.14 bits per heavy atom. The molecule has 1 amide bonds. The minimum absolute atomic E-state index is 0.00594. The molecule has 0 aliphatic carbocycles. The molecule has 0 bridgehead atoms. The highest BCUT2D eigenvalue weighted by molar-refractivity contribution is 6.32. The fourth-order valence-electron chi connectivity index (χ4n) is 3.76. The van der Waals surface area contributed by atoms with Crippen LogP contribution in [0.25, 0.3) is 10.9 Å². The Labute approximate surface area is 173 Å². The monoisotopic (exact) mass is 411 g/mol. The summed E-state index contributed by atoms with van der Waals surface area (Å²) >= 11 is 6.21. The maximum absolute atomic E-state index is 13.0. The molecule has 7 heteroatoms. The van der Waals surface area contributed by atoms with Crippen LogP contribution in [-0.2, 0) is 17.8 Å². The van der Waals surface area contributed by atoms with E-state index in [0.29, 0.717) is 41.4 Å². The lowest BCUT2D eigenvalue weighted by Gasteiger charge is -2.28. The smallest absolute Gasteiger partial charge is 0.238 e. The second-order valence-electron chi connectivity index (χ2n) is 7.25. The number of carbonyl (C=O) groups excluding carboxylic acids is 1. The van der Waals surface area contributed by atoms with E-state index < -0.39 is 0 Å². The molecule has 2 heterocycles. The highest BCUT2D eigenvalue weighted by Crippen LogP contribution is 2.25. The van der Waals surface area contributed by atoms with Crippen LogP contribution in [0.4, 0.5) is 5.69 Å². The number of aromatic nitrogens is 1. The van der Waals surface area contributed by atoms with E-state index in [2.05, 4.69) is 10.3 Å². The number of aryl methyl sites for hydroxylation is 1. The van der Waals surface area contributed by atoms with E-state index in [4.69, 9.17) is 16.3 Å². The van der Waals surface area contributed by atoms with Crippen LogP contribution in [0.3, 0.4) is 0 Å². The number of pyridine rings is 1. The number of aromatic amines is 1. The number of carbonyl (C=O) groups is 1. The standard InChI is InChI=1S/C22H22ClN3O3/c1-13-18(23)7-6-16-21(13)25-19-8-9-26(11-17(19)22(16)28)12-20(27)24-14-4-3-5-15(10-14)29-2/h3-7,10H,8-9,11-12H2,1-2H3,(H,24,27)(H,25,28). The second-order valence-corrected chi connectivity index (χ2v) is 7.65. The number of methoxy groups -OCH3 is 1. The summed E-state index contributed by atoms with van der Waals surface area (Å²) in [5.74, 6) is 0.560. The molecular formula is C22H22ClN3O3. The highest BCUT2D eigenvalue weighted by atomic mass is 35.5. The van der Waals surface area contributed by atoms with Crippen LogP contribution in [0.15, 0.2) is 41.2 Å². The summed E-state index contributed by atoms with van der Waals surface area (Å²) in [5.41, 5.74) is 4.01. The van der Waals surface area contributed by atoms with Crippen LogP contribution in [0, 0.1) is 6.92 Å². The largest absolute Gasteiger partial charge is 0.497 e. The van der Waals surface area contributed by atoms with Crippen LogP contribution in [0.2, 0.25) is 5.02 Å². The molecule has 0 radical (unpaired) electrons. The molecule has 4 rings (SSSR count). The van der Waals surface area contributed by atoms with E-state index in [9.17, 15) is 9.59 Å². The van der Waals surface area contributed by atoms with Crippen molar-refractivity contribution in [3.63, 3.8) is 0 Å². The molecule has 2 aromatic carbocycles. The van der Waals surface area contributed by atoms with Crippen molar-refractivity contribution in [1.82, 2.24) is 9.88 Å². The van der Waals surface area contributed by atoms with Crippen LogP contribution >= 0.6 is 11.6 Å². The van der Waals surface area contributed by atoms with Crippen LogP contribution < -0.4 is 15.5 Å². The summed E-state index contributed by atoms with van der Waals surface area (Å²) < 4.78 is 5.18. The normalized spacial score (nSPS) is 13.9. The van der Waals surface area contributed by atoms with Gasteiger partial charge in [0, 0.05) is 52.9 Å². The first-order valence-electron chi connectivity index (χ1n) is 9.45. The van der Waals surface area contributed by atoms with E-state index in [1.165, 1.54) is 0 Å². The Kier molecular flexibility index (Phi) is 5.30. The van der Waals surface area contributed by atoms with Crippen LogP contribution in [-0.4, -0.2) is 36.0 Å². The number of nitrogens with one attached hydrogen (secondary N) is 2. The molecule has 6 nitrogen and oxygen atoms in total. The van der Waals surface area contributed by atoms with Gasteiger partial charge in [-0.2, -0.15) is 0 Å². The number of benzene rings is 2. The molecule has 1 aromatic heterocycles. The van der Waals surface area contributed by atoms with Gasteiger partial charge in [-0.15, -0.1) is 0 Å². The number of hydrogen-bond acceptors (Lipinski definition) is 4. The zero-order valence-corrected chi connectivity index (χ0v) is 17.1. The second kappa shape index (κ2) is 7.89.